The second kappa shape index (κ2) is 5.70. The molecule has 8 heteroatoms. The maximum absolute atomic E-state index is 11.1. The highest BCUT2D eigenvalue weighted by Gasteiger charge is 2.23. The van der Waals surface area contributed by atoms with Crippen LogP contribution in [0.1, 0.15) is 5.56 Å². The number of nitrogens with two attached hydrogens (primary N) is 1. The Hall–Kier alpha value is -2.41. The fourth-order valence-corrected chi connectivity index (χ4v) is 2.03. The third-order valence-corrected chi connectivity index (χ3v) is 2.92. The Labute approximate surface area is 120 Å². The summed E-state index contributed by atoms with van der Waals surface area (Å²) in [5.74, 6) is 0.0143. The summed E-state index contributed by atoms with van der Waals surface area (Å²) in [6, 6.07) is 7.23. The molecule has 1 heterocycles. The van der Waals surface area contributed by atoms with Crippen LogP contribution in [0.5, 0.6) is 0 Å². The molecule has 0 bridgehead atoms. The smallest absolute Gasteiger partial charge is 0.353 e. The summed E-state index contributed by atoms with van der Waals surface area (Å²) < 4.78 is 0. The van der Waals surface area contributed by atoms with Crippen LogP contribution in [0.4, 0.5) is 17.3 Å². The predicted molar refractivity (Wildman–Crippen MR) is 76.7 cm³/mol. The van der Waals surface area contributed by atoms with Crippen molar-refractivity contribution in [3.8, 4) is 0 Å². The van der Waals surface area contributed by atoms with Crippen molar-refractivity contribution in [2.24, 2.45) is 0 Å². The molecule has 0 saturated carbocycles. The minimum atomic E-state index is -0.584. The molecular weight excluding hydrogens is 282 g/mol. The normalized spacial score (nSPS) is 10.3. The van der Waals surface area contributed by atoms with Crippen molar-refractivity contribution in [2.45, 2.75) is 6.54 Å². The Kier molecular flexibility index (Phi) is 3.99. The lowest BCUT2D eigenvalue weighted by molar-refractivity contribution is -0.383. The molecule has 7 nitrogen and oxygen atoms in total. The van der Waals surface area contributed by atoms with E-state index in [1.165, 1.54) is 6.33 Å². The summed E-state index contributed by atoms with van der Waals surface area (Å²) in [6.07, 6.45) is 1.20. The van der Waals surface area contributed by atoms with Gasteiger partial charge in [0.05, 0.1) is 4.92 Å². The molecular formula is C12H12ClN5O2. The van der Waals surface area contributed by atoms with Crippen LogP contribution in [-0.2, 0) is 6.54 Å². The van der Waals surface area contributed by atoms with E-state index in [2.05, 4.69) is 9.97 Å². The largest absolute Gasteiger partial charge is 0.378 e. The van der Waals surface area contributed by atoms with E-state index in [-0.39, 0.29) is 17.3 Å². The summed E-state index contributed by atoms with van der Waals surface area (Å²) in [5, 5.41) is 11.7. The van der Waals surface area contributed by atoms with Crippen LogP contribution in [0.15, 0.2) is 30.6 Å². The number of benzene rings is 1. The third kappa shape index (κ3) is 2.94. The van der Waals surface area contributed by atoms with E-state index in [0.29, 0.717) is 11.6 Å². The fourth-order valence-electron chi connectivity index (χ4n) is 1.82. The van der Waals surface area contributed by atoms with Crippen LogP contribution in [0, 0.1) is 10.1 Å². The van der Waals surface area contributed by atoms with Gasteiger partial charge in [-0.1, -0.05) is 23.7 Å². The van der Waals surface area contributed by atoms with E-state index in [0.717, 1.165) is 5.56 Å². The molecule has 20 heavy (non-hydrogen) atoms. The molecule has 0 aliphatic carbocycles. The number of hydrogen-bond acceptors (Lipinski definition) is 6. The summed E-state index contributed by atoms with van der Waals surface area (Å²) in [4.78, 5) is 19.7. The van der Waals surface area contributed by atoms with Crippen LogP contribution in [0.25, 0.3) is 0 Å². The van der Waals surface area contributed by atoms with Gasteiger partial charge in [-0.05, 0) is 17.7 Å². The molecule has 0 radical (unpaired) electrons. The first-order chi connectivity index (χ1) is 9.49. The van der Waals surface area contributed by atoms with Crippen LogP contribution >= 0.6 is 11.6 Å². The highest BCUT2D eigenvalue weighted by Crippen LogP contribution is 2.29. The topological polar surface area (TPSA) is 98.2 Å². The molecule has 0 aliphatic rings. The first kappa shape index (κ1) is 14.0. The van der Waals surface area contributed by atoms with Crippen LogP contribution in [0.3, 0.4) is 0 Å². The average Bonchev–Trinajstić information content (AvgIpc) is 2.37. The van der Waals surface area contributed by atoms with Gasteiger partial charge in [0, 0.05) is 18.6 Å². The summed E-state index contributed by atoms with van der Waals surface area (Å²) in [6.45, 7) is 0.415. The lowest BCUT2D eigenvalue weighted by Gasteiger charge is -2.18. The molecule has 2 aromatic rings. The maximum Gasteiger partial charge on any atom is 0.353 e. The van der Waals surface area contributed by atoms with Gasteiger partial charge < -0.3 is 10.6 Å². The molecule has 0 atom stereocenters. The predicted octanol–water partition coefficient (Wildman–Crippen LogP) is 2.26. The third-order valence-electron chi connectivity index (χ3n) is 2.68. The van der Waals surface area contributed by atoms with Gasteiger partial charge in [0.2, 0.25) is 11.6 Å². The zero-order chi connectivity index (χ0) is 14.7. The highest BCUT2D eigenvalue weighted by atomic mass is 35.5. The number of aromatic nitrogens is 2. The minimum absolute atomic E-state index is 0.155. The molecule has 0 fully saturated rings. The van der Waals surface area contributed by atoms with Crippen molar-refractivity contribution in [3.05, 3.63) is 51.3 Å². The Bertz CT molecular complexity index is 649. The summed E-state index contributed by atoms with van der Waals surface area (Å²) in [5.41, 5.74) is 6.15. The molecule has 2 N–H and O–H groups in total. The van der Waals surface area contributed by atoms with E-state index < -0.39 is 4.92 Å². The Morgan fingerprint density at radius 3 is 2.85 bits per heavy atom. The van der Waals surface area contributed by atoms with E-state index in [4.69, 9.17) is 17.3 Å². The zero-order valence-corrected chi connectivity index (χ0v) is 11.4. The fraction of sp³-hybridized carbons (Fsp3) is 0.167. The highest BCUT2D eigenvalue weighted by molar-refractivity contribution is 6.30. The number of halogens is 1. The standard InChI is InChI=1S/C12H12ClN5O2/c1-17(6-8-3-2-4-9(13)5-8)12-10(18(19)20)11(14)15-7-16-12/h2-5,7H,6H2,1H3,(H2,14,15,16). The quantitative estimate of drug-likeness (QED) is 0.686. The first-order valence-electron chi connectivity index (χ1n) is 5.69. The van der Waals surface area contributed by atoms with Gasteiger partial charge in [0.15, 0.2) is 0 Å². The van der Waals surface area contributed by atoms with E-state index in [9.17, 15) is 10.1 Å². The van der Waals surface area contributed by atoms with Gasteiger partial charge in [-0.2, -0.15) is 0 Å². The second-order valence-electron chi connectivity index (χ2n) is 4.17. The number of nitro groups is 1. The van der Waals surface area contributed by atoms with Crippen molar-refractivity contribution < 1.29 is 4.92 Å². The number of anilines is 2. The van der Waals surface area contributed by atoms with Gasteiger partial charge in [0.25, 0.3) is 0 Å². The van der Waals surface area contributed by atoms with E-state index >= 15 is 0 Å². The summed E-state index contributed by atoms with van der Waals surface area (Å²) in [7, 11) is 1.69. The van der Waals surface area contributed by atoms with Crippen molar-refractivity contribution >= 4 is 28.9 Å². The number of rotatable bonds is 4. The SMILES string of the molecule is CN(Cc1cccc(Cl)c1)c1ncnc(N)c1[N+](=O)[O-]. The lowest BCUT2D eigenvalue weighted by atomic mass is 10.2. The first-order valence-corrected chi connectivity index (χ1v) is 6.07. The minimum Gasteiger partial charge on any atom is -0.378 e. The molecule has 0 spiro atoms. The van der Waals surface area contributed by atoms with Gasteiger partial charge in [-0.25, -0.2) is 9.97 Å². The molecule has 0 aliphatic heterocycles. The van der Waals surface area contributed by atoms with E-state index in [1.807, 2.05) is 12.1 Å². The second-order valence-corrected chi connectivity index (χ2v) is 4.61. The van der Waals surface area contributed by atoms with Crippen molar-refractivity contribution in [3.63, 3.8) is 0 Å². The molecule has 1 aromatic carbocycles. The van der Waals surface area contributed by atoms with Crippen LogP contribution in [0.2, 0.25) is 5.02 Å². The number of hydrogen-bond donors (Lipinski definition) is 1. The summed E-state index contributed by atoms with van der Waals surface area (Å²) >= 11 is 5.91. The zero-order valence-electron chi connectivity index (χ0n) is 10.7. The van der Waals surface area contributed by atoms with Gasteiger partial charge >= 0.3 is 5.69 Å². The molecule has 104 valence electrons. The number of nitrogens with zero attached hydrogens (tertiary/aromatic N) is 4. The Morgan fingerprint density at radius 1 is 1.45 bits per heavy atom. The average molecular weight is 294 g/mol. The van der Waals surface area contributed by atoms with E-state index in [1.54, 1.807) is 24.1 Å². The molecule has 0 unspecified atom stereocenters. The van der Waals surface area contributed by atoms with Crippen LogP contribution < -0.4 is 10.6 Å². The molecule has 0 saturated heterocycles. The molecule has 2 rings (SSSR count). The molecule has 1 aromatic heterocycles. The lowest BCUT2D eigenvalue weighted by Crippen LogP contribution is -2.20. The Balaban J connectivity index is 2.32. The van der Waals surface area contributed by atoms with Gasteiger partial charge in [0.1, 0.15) is 6.33 Å². The Morgan fingerprint density at radius 2 is 2.20 bits per heavy atom. The van der Waals surface area contributed by atoms with Gasteiger partial charge in [-0.3, -0.25) is 10.1 Å². The van der Waals surface area contributed by atoms with Crippen LogP contribution in [-0.4, -0.2) is 21.9 Å². The molecule has 0 amide bonds. The maximum atomic E-state index is 11.1. The van der Waals surface area contributed by atoms with Gasteiger partial charge in [-0.15, -0.1) is 0 Å². The van der Waals surface area contributed by atoms with Crippen molar-refractivity contribution in [1.29, 1.82) is 0 Å². The monoisotopic (exact) mass is 293 g/mol. The van der Waals surface area contributed by atoms with Crippen molar-refractivity contribution in [1.82, 2.24) is 9.97 Å². The number of nitrogen functional groups attached to an aromatic ring is 1. The van der Waals surface area contributed by atoms with Crippen molar-refractivity contribution in [2.75, 3.05) is 17.7 Å².